The third-order valence-corrected chi connectivity index (χ3v) is 2.38. The smallest absolute Gasteiger partial charge is 0.306 e. The lowest BCUT2D eigenvalue weighted by Gasteiger charge is -2.26. The molecule has 0 amide bonds. The molecule has 1 fully saturated rings. The highest BCUT2D eigenvalue weighted by atomic mass is 16.5. The van der Waals surface area contributed by atoms with Gasteiger partial charge in [0.1, 0.15) is 0 Å². The lowest BCUT2D eigenvalue weighted by atomic mass is 9.87. The van der Waals surface area contributed by atoms with Crippen molar-refractivity contribution in [2.75, 3.05) is 6.61 Å². The fourth-order valence-corrected chi connectivity index (χ4v) is 1.76. The van der Waals surface area contributed by atoms with Crippen molar-refractivity contribution in [3.8, 4) is 0 Å². The van der Waals surface area contributed by atoms with Crippen LogP contribution in [-0.4, -0.2) is 23.8 Å². The molecule has 0 aromatic carbocycles. The first kappa shape index (κ1) is 9.52. The number of ether oxygens (including phenoxy) is 1. The number of hydrogen-bond acceptors (Lipinski definition) is 2. The van der Waals surface area contributed by atoms with E-state index in [9.17, 15) is 4.79 Å². The molecule has 70 valence electrons. The Hall–Kier alpha value is -0.570. The maximum absolute atomic E-state index is 10.6. The van der Waals surface area contributed by atoms with Gasteiger partial charge in [0.25, 0.3) is 0 Å². The van der Waals surface area contributed by atoms with E-state index in [0.717, 1.165) is 19.3 Å². The van der Waals surface area contributed by atoms with E-state index in [1.54, 1.807) is 0 Å². The minimum atomic E-state index is -0.667. The molecule has 0 spiro atoms. The van der Waals surface area contributed by atoms with E-state index >= 15 is 0 Å². The first-order chi connectivity index (χ1) is 5.74. The Morgan fingerprint density at radius 1 is 1.58 bits per heavy atom. The molecule has 0 aromatic rings. The molecule has 1 aliphatic rings. The second-order valence-corrected chi connectivity index (χ2v) is 3.28. The van der Waals surface area contributed by atoms with Crippen LogP contribution in [0.25, 0.3) is 0 Å². The highest BCUT2D eigenvalue weighted by Gasteiger charge is 2.26. The highest BCUT2D eigenvalue weighted by Crippen LogP contribution is 2.26. The third kappa shape index (κ3) is 2.48. The van der Waals surface area contributed by atoms with Gasteiger partial charge in [0.05, 0.1) is 12.0 Å². The van der Waals surface area contributed by atoms with Gasteiger partial charge in [0.15, 0.2) is 0 Å². The molecule has 0 heterocycles. The Morgan fingerprint density at radius 2 is 2.33 bits per heavy atom. The van der Waals surface area contributed by atoms with Crippen molar-refractivity contribution in [2.45, 2.75) is 38.7 Å². The summed E-state index contributed by atoms with van der Waals surface area (Å²) in [5.41, 5.74) is 0. The van der Waals surface area contributed by atoms with E-state index in [1.165, 1.54) is 0 Å². The van der Waals surface area contributed by atoms with Crippen LogP contribution in [0.4, 0.5) is 0 Å². The summed E-state index contributed by atoms with van der Waals surface area (Å²) in [6.07, 6.45) is 3.71. The van der Waals surface area contributed by atoms with Crippen molar-refractivity contribution in [2.24, 2.45) is 5.92 Å². The average Bonchev–Trinajstić information content (AvgIpc) is 2.05. The van der Waals surface area contributed by atoms with Gasteiger partial charge in [0.2, 0.25) is 0 Å². The fraction of sp³-hybridized carbons (Fsp3) is 0.889. The molecule has 2 atom stereocenters. The standard InChI is InChI=1S/C9H16O3/c1-2-12-8-5-3-4-7(6-8)9(10)11/h7-8H,2-6H2,1H3,(H,10,11). The second-order valence-electron chi connectivity index (χ2n) is 3.28. The first-order valence-electron chi connectivity index (χ1n) is 4.58. The normalized spacial score (nSPS) is 30.1. The zero-order valence-corrected chi connectivity index (χ0v) is 7.45. The summed E-state index contributed by atoms with van der Waals surface area (Å²) in [5.74, 6) is -0.838. The van der Waals surface area contributed by atoms with Crippen LogP contribution in [0.5, 0.6) is 0 Å². The Kier molecular flexibility index (Phi) is 3.53. The van der Waals surface area contributed by atoms with Crippen LogP contribution in [0.15, 0.2) is 0 Å². The first-order valence-corrected chi connectivity index (χ1v) is 4.58. The molecule has 0 radical (unpaired) electrons. The summed E-state index contributed by atoms with van der Waals surface area (Å²) in [6, 6.07) is 0. The lowest BCUT2D eigenvalue weighted by Crippen LogP contribution is -2.27. The summed E-state index contributed by atoms with van der Waals surface area (Å²) in [5, 5.41) is 8.77. The van der Waals surface area contributed by atoms with E-state index in [1.807, 2.05) is 6.92 Å². The average molecular weight is 172 g/mol. The van der Waals surface area contributed by atoms with Crippen LogP contribution in [0.2, 0.25) is 0 Å². The molecule has 2 unspecified atom stereocenters. The SMILES string of the molecule is CCOC1CCCC(C(=O)O)C1. The zero-order chi connectivity index (χ0) is 8.97. The molecule has 0 aliphatic heterocycles. The number of carboxylic acids is 1. The molecule has 1 N–H and O–H groups in total. The van der Waals surface area contributed by atoms with Crippen LogP contribution in [-0.2, 0) is 9.53 Å². The van der Waals surface area contributed by atoms with E-state index in [4.69, 9.17) is 9.84 Å². The molecular formula is C9H16O3. The van der Waals surface area contributed by atoms with Gasteiger partial charge in [-0.1, -0.05) is 6.42 Å². The molecule has 1 aliphatic carbocycles. The number of carboxylic acid groups (broad SMARTS) is 1. The van der Waals surface area contributed by atoms with Gasteiger partial charge in [-0.3, -0.25) is 4.79 Å². The van der Waals surface area contributed by atoms with E-state index < -0.39 is 5.97 Å². The van der Waals surface area contributed by atoms with Crippen LogP contribution in [0.3, 0.4) is 0 Å². The molecule has 12 heavy (non-hydrogen) atoms. The van der Waals surface area contributed by atoms with Gasteiger partial charge in [-0.05, 0) is 26.2 Å². The van der Waals surface area contributed by atoms with E-state index in [2.05, 4.69) is 0 Å². The van der Waals surface area contributed by atoms with E-state index in [-0.39, 0.29) is 12.0 Å². The predicted octanol–water partition coefficient (Wildman–Crippen LogP) is 1.67. The van der Waals surface area contributed by atoms with Crippen LogP contribution in [0.1, 0.15) is 32.6 Å². The molecule has 0 bridgehead atoms. The van der Waals surface area contributed by atoms with Crippen LogP contribution >= 0.6 is 0 Å². The molecular weight excluding hydrogens is 156 g/mol. The van der Waals surface area contributed by atoms with Gasteiger partial charge in [-0.25, -0.2) is 0 Å². The Labute approximate surface area is 72.7 Å². The summed E-state index contributed by atoms with van der Waals surface area (Å²) in [6.45, 7) is 2.64. The molecule has 0 saturated heterocycles. The zero-order valence-electron chi connectivity index (χ0n) is 7.45. The molecule has 3 nitrogen and oxygen atoms in total. The fourth-order valence-electron chi connectivity index (χ4n) is 1.76. The Morgan fingerprint density at radius 3 is 2.92 bits per heavy atom. The Bertz CT molecular complexity index is 154. The molecule has 0 aromatic heterocycles. The molecule has 3 heteroatoms. The van der Waals surface area contributed by atoms with Crippen molar-refractivity contribution in [3.05, 3.63) is 0 Å². The maximum Gasteiger partial charge on any atom is 0.306 e. The summed E-state index contributed by atoms with van der Waals surface area (Å²) < 4.78 is 5.40. The molecule has 1 rings (SSSR count). The topological polar surface area (TPSA) is 46.5 Å². The number of rotatable bonds is 3. The van der Waals surface area contributed by atoms with Crippen molar-refractivity contribution < 1.29 is 14.6 Å². The monoisotopic (exact) mass is 172 g/mol. The summed E-state index contributed by atoms with van der Waals surface area (Å²) in [7, 11) is 0. The van der Waals surface area contributed by atoms with Gasteiger partial charge < -0.3 is 9.84 Å². The van der Waals surface area contributed by atoms with Crippen molar-refractivity contribution in [1.82, 2.24) is 0 Å². The van der Waals surface area contributed by atoms with E-state index in [0.29, 0.717) is 13.0 Å². The minimum Gasteiger partial charge on any atom is -0.481 e. The van der Waals surface area contributed by atoms with Crippen molar-refractivity contribution in [3.63, 3.8) is 0 Å². The van der Waals surface area contributed by atoms with Gasteiger partial charge in [0, 0.05) is 6.61 Å². The lowest BCUT2D eigenvalue weighted by molar-refractivity contribution is -0.144. The number of aliphatic carboxylic acids is 1. The van der Waals surface area contributed by atoms with Crippen molar-refractivity contribution in [1.29, 1.82) is 0 Å². The van der Waals surface area contributed by atoms with Gasteiger partial charge in [-0.15, -0.1) is 0 Å². The largest absolute Gasteiger partial charge is 0.481 e. The highest BCUT2D eigenvalue weighted by molar-refractivity contribution is 5.70. The summed E-state index contributed by atoms with van der Waals surface area (Å²) >= 11 is 0. The minimum absolute atomic E-state index is 0.171. The number of carbonyl (C=O) groups is 1. The van der Waals surface area contributed by atoms with Crippen molar-refractivity contribution >= 4 is 5.97 Å². The summed E-state index contributed by atoms with van der Waals surface area (Å²) in [4.78, 5) is 10.6. The third-order valence-electron chi connectivity index (χ3n) is 2.38. The second kappa shape index (κ2) is 4.45. The van der Waals surface area contributed by atoms with Crippen LogP contribution in [0, 0.1) is 5.92 Å². The Balaban J connectivity index is 2.35. The molecule has 1 saturated carbocycles. The van der Waals surface area contributed by atoms with Gasteiger partial charge in [-0.2, -0.15) is 0 Å². The number of hydrogen-bond donors (Lipinski definition) is 1. The predicted molar refractivity (Wildman–Crippen MR) is 45.0 cm³/mol. The van der Waals surface area contributed by atoms with Crippen LogP contribution < -0.4 is 0 Å². The maximum atomic E-state index is 10.6. The quantitative estimate of drug-likeness (QED) is 0.704. The van der Waals surface area contributed by atoms with Gasteiger partial charge >= 0.3 is 5.97 Å².